The van der Waals surface area contributed by atoms with E-state index in [4.69, 9.17) is 16.3 Å². The number of halogens is 1. The van der Waals surface area contributed by atoms with Gasteiger partial charge in [0.1, 0.15) is 16.9 Å². The number of hydrogen-bond donors (Lipinski definition) is 3. The summed E-state index contributed by atoms with van der Waals surface area (Å²) >= 11 is 5.84. The van der Waals surface area contributed by atoms with Crippen molar-refractivity contribution in [3.8, 4) is 0 Å². The molecule has 0 bridgehead atoms. The molecule has 9 heteroatoms. The van der Waals surface area contributed by atoms with Crippen molar-refractivity contribution >= 4 is 23.3 Å². The largest absolute Gasteiger partial charge is 0.444 e. The van der Waals surface area contributed by atoms with Crippen molar-refractivity contribution in [3.63, 3.8) is 0 Å². The molecular formula is C15H21ClN4O4. The Morgan fingerprint density at radius 1 is 1.42 bits per heavy atom. The first-order valence-electron chi connectivity index (χ1n) is 7.50. The summed E-state index contributed by atoms with van der Waals surface area (Å²) in [6.45, 7) is 5.42. The predicted octanol–water partition coefficient (Wildman–Crippen LogP) is 1.69. The number of aromatic nitrogens is 3. The zero-order chi connectivity index (χ0) is 17.9. The van der Waals surface area contributed by atoms with Crippen LogP contribution in [0.4, 0.5) is 4.79 Å². The zero-order valence-corrected chi connectivity index (χ0v) is 14.5. The predicted molar refractivity (Wildman–Crippen MR) is 87.8 cm³/mol. The third-order valence-corrected chi connectivity index (χ3v) is 3.33. The van der Waals surface area contributed by atoms with Crippen LogP contribution in [-0.2, 0) is 4.74 Å². The minimum atomic E-state index is -1.22. The van der Waals surface area contributed by atoms with Gasteiger partial charge in [0.15, 0.2) is 5.65 Å². The first-order valence-corrected chi connectivity index (χ1v) is 7.88. The van der Waals surface area contributed by atoms with Crippen LogP contribution in [0, 0.1) is 0 Å². The normalized spacial score (nSPS) is 14.4. The molecule has 0 saturated carbocycles. The molecule has 2 heterocycles. The van der Waals surface area contributed by atoms with Gasteiger partial charge in [-0.3, -0.25) is 0 Å². The Morgan fingerprint density at radius 3 is 2.79 bits per heavy atom. The van der Waals surface area contributed by atoms with Crippen molar-refractivity contribution in [1.82, 2.24) is 19.9 Å². The number of rotatable bonds is 5. The standard InChI is InChI=1S/C15H21ClN4O4/c1-15(2,3)24-14(23)17-7-6-10(21)13(22)9-8-18-12-5-4-11(16)19-20(9)12/h4-5,8,10,13,21-22H,6-7H2,1-3H3,(H,17,23). The third kappa shape index (κ3) is 4.80. The summed E-state index contributed by atoms with van der Waals surface area (Å²) in [6, 6.07) is 3.24. The van der Waals surface area contributed by atoms with Gasteiger partial charge in [-0.25, -0.2) is 14.3 Å². The molecule has 0 aliphatic heterocycles. The fourth-order valence-electron chi connectivity index (χ4n) is 2.06. The smallest absolute Gasteiger partial charge is 0.407 e. The lowest BCUT2D eigenvalue weighted by atomic mass is 10.1. The maximum atomic E-state index is 11.5. The van der Waals surface area contributed by atoms with Crippen LogP contribution in [0.5, 0.6) is 0 Å². The second kappa shape index (κ2) is 7.33. The molecule has 2 unspecified atom stereocenters. The van der Waals surface area contributed by atoms with Crippen LogP contribution < -0.4 is 5.32 Å². The number of hydrogen-bond acceptors (Lipinski definition) is 6. The number of carbonyl (C=O) groups excluding carboxylic acids is 1. The van der Waals surface area contributed by atoms with Gasteiger partial charge in [0, 0.05) is 6.54 Å². The first-order chi connectivity index (χ1) is 11.2. The summed E-state index contributed by atoms with van der Waals surface area (Å²) in [5.74, 6) is 0. The molecule has 2 rings (SSSR count). The van der Waals surface area contributed by atoms with E-state index >= 15 is 0 Å². The molecule has 132 valence electrons. The molecule has 0 saturated heterocycles. The highest BCUT2D eigenvalue weighted by atomic mass is 35.5. The van der Waals surface area contributed by atoms with E-state index in [1.165, 1.54) is 10.7 Å². The summed E-state index contributed by atoms with van der Waals surface area (Å²) in [6.07, 6.45) is -1.35. The lowest BCUT2D eigenvalue weighted by Gasteiger charge is -2.21. The van der Waals surface area contributed by atoms with Crippen LogP contribution in [0.2, 0.25) is 5.15 Å². The summed E-state index contributed by atoms with van der Waals surface area (Å²) in [7, 11) is 0. The number of fused-ring (bicyclic) bond motifs is 1. The van der Waals surface area contributed by atoms with Gasteiger partial charge < -0.3 is 20.3 Å². The molecule has 24 heavy (non-hydrogen) atoms. The van der Waals surface area contributed by atoms with Crippen molar-refractivity contribution in [3.05, 3.63) is 29.2 Å². The van der Waals surface area contributed by atoms with Gasteiger partial charge in [-0.15, -0.1) is 0 Å². The topological polar surface area (TPSA) is 109 Å². The first kappa shape index (κ1) is 18.4. The minimum Gasteiger partial charge on any atom is -0.444 e. The van der Waals surface area contributed by atoms with E-state index in [0.717, 1.165) is 0 Å². The number of imidazole rings is 1. The number of amides is 1. The fourth-order valence-corrected chi connectivity index (χ4v) is 2.20. The zero-order valence-electron chi connectivity index (χ0n) is 13.7. The van der Waals surface area contributed by atoms with Crippen molar-refractivity contribution in [1.29, 1.82) is 0 Å². The Balaban J connectivity index is 1.93. The van der Waals surface area contributed by atoms with Crippen molar-refractivity contribution in [2.75, 3.05) is 6.54 Å². The molecule has 0 aliphatic carbocycles. The van der Waals surface area contributed by atoms with Crippen LogP contribution in [0.15, 0.2) is 18.3 Å². The molecule has 0 aliphatic rings. The number of nitrogens with zero attached hydrogens (tertiary/aromatic N) is 3. The number of aliphatic hydroxyl groups excluding tert-OH is 2. The van der Waals surface area contributed by atoms with Crippen LogP contribution in [0.3, 0.4) is 0 Å². The lowest BCUT2D eigenvalue weighted by Crippen LogP contribution is -2.34. The molecule has 2 atom stereocenters. The molecule has 0 aromatic carbocycles. The average molecular weight is 357 g/mol. The van der Waals surface area contributed by atoms with Crippen LogP contribution in [0.25, 0.3) is 5.65 Å². The summed E-state index contributed by atoms with van der Waals surface area (Å²) in [4.78, 5) is 15.6. The highest BCUT2D eigenvalue weighted by molar-refractivity contribution is 6.29. The molecule has 3 N–H and O–H groups in total. The van der Waals surface area contributed by atoms with Gasteiger partial charge in [-0.05, 0) is 39.3 Å². The van der Waals surface area contributed by atoms with Gasteiger partial charge in [-0.2, -0.15) is 5.10 Å². The molecule has 0 radical (unpaired) electrons. The van der Waals surface area contributed by atoms with Crippen LogP contribution >= 0.6 is 11.6 Å². The monoisotopic (exact) mass is 356 g/mol. The van der Waals surface area contributed by atoms with Gasteiger partial charge in [0.05, 0.1) is 18.0 Å². The molecular weight excluding hydrogens is 336 g/mol. The van der Waals surface area contributed by atoms with Crippen LogP contribution in [-0.4, -0.2) is 49.2 Å². The highest BCUT2D eigenvalue weighted by Crippen LogP contribution is 2.20. The van der Waals surface area contributed by atoms with Crippen molar-refractivity contribution in [2.45, 2.75) is 45.0 Å². The van der Waals surface area contributed by atoms with E-state index in [1.54, 1.807) is 32.9 Å². The third-order valence-electron chi connectivity index (χ3n) is 3.13. The van der Waals surface area contributed by atoms with Gasteiger partial charge in [0.2, 0.25) is 0 Å². The maximum Gasteiger partial charge on any atom is 0.407 e. The van der Waals surface area contributed by atoms with Gasteiger partial charge in [0.25, 0.3) is 0 Å². The Kier molecular flexibility index (Phi) is 5.63. The second-order valence-electron chi connectivity index (χ2n) is 6.34. The average Bonchev–Trinajstić information content (AvgIpc) is 2.87. The van der Waals surface area contributed by atoms with E-state index in [9.17, 15) is 15.0 Å². The van der Waals surface area contributed by atoms with E-state index in [-0.39, 0.29) is 18.1 Å². The summed E-state index contributed by atoms with van der Waals surface area (Å²) in [5.41, 5.74) is 0.230. The van der Waals surface area contributed by atoms with Crippen molar-refractivity contribution in [2.24, 2.45) is 0 Å². The molecule has 8 nitrogen and oxygen atoms in total. The van der Waals surface area contributed by atoms with E-state index in [1.807, 2.05) is 0 Å². The van der Waals surface area contributed by atoms with Crippen LogP contribution in [0.1, 0.15) is 39.0 Å². The van der Waals surface area contributed by atoms with Gasteiger partial charge >= 0.3 is 6.09 Å². The minimum absolute atomic E-state index is 0.133. The molecule has 0 spiro atoms. The number of carbonyl (C=O) groups is 1. The second-order valence-corrected chi connectivity index (χ2v) is 6.73. The Hall–Kier alpha value is -1.90. The van der Waals surface area contributed by atoms with E-state index < -0.39 is 23.9 Å². The van der Waals surface area contributed by atoms with E-state index in [0.29, 0.717) is 11.3 Å². The summed E-state index contributed by atoms with van der Waals surface area (Å²) in [5, 5.41) is 27.2. The molecule has 1 amide bonds. The molecule has 2 aromatic heterocycles. The Bertz CT molecular complexity index is 713. The molecule has 2 aromatic rings. The lowest BCUT2D eigenvalue weighted by molar-refractivity contribution is 0.00895. The maximum absolute atomic E-state index is 11.5. The van der Waals surface area contributed by atoms with E-state index in [2.05, 4.69) is 15.4 Å². The Labute approximate surface area is 144 Å². The molecule has 0 fully saturated rings. The quantitative estimate of drug-likeness (QED) is 0.752. The number of nitrogens with one attached hydrogen (secondary N) is 1. The van der Waals surface area contributed by atoms with Crippen molar-refractivity contribution < 1.29 is 19.7 Å². The number of ether oxygens (including phenoxy) is 1. The SMILES string of the molecule is CC(C)(C)OC(=O)NCCC(O)C(O)c1cnc2ccc(Cl)nn12. The number of aliphatic hydroxyl groups is 2. The highest BCUT2D eigenvalue weighted by Gasteiger charge is 2.23. The fraction of sp³-hybridized carbons (Fsp3) is 0.533. The number of alkyl carbamates (subject to hydrolysis) is 1. The summed E-state index contributed by atoms with van der Waals surface area (Å²) < 4.78 is 6.46. The Morgan fingerprint density at radius 2 is 2.12 bits per heavy atom. The van der Waals surface area contributed by atoms with Gasteiger partial charge in [-0.1, -0.05) is 11.6 Å².